The lowest BCUT2D eigenvalue weighted by molar-refractivity contribution is -0.318. The molecule has 0 aromatic heterocycles. The number of hydrogen-bond acceptors (Lipinski definition) is 15. The van der Waals surface area contributed by atoms with E-state index in [1.807, 2.05) is 0 Å². The molecule has 8 unspecified atom stereocenters. The number of fused-ring (bicyclic) bond motifs is 1. The van der Waals surface area contributed by atoms with Gasteiger partial charge in [-0.3, -0.25) is 4.79 Å². The first-order valence-corrected chi connectivity index (χ1v) is 13.5. The number of ketones is 1. The Morgan fingerprint density at radius 1 is 0.837 bits per heavy atom. The smallest absolute Gasteiger partial charge is 0.229 e. The topological polar surface area (TPSA) is 234 Å². The number of rotatable bonds is 7. The molecule has 5 rings (SSSR count). The summed E-state index contributed by atoms with van der Waals surface area (Å²) in [5.41, 5.74) is 0.373. The molecular formula is C28H34O15. The summed E-state index contributed by atoms with van der Waals surface area (Å²) in [6, 6.07) is 6.90. The molecule has 0 saturated carbocycles. The lowest BCUT2D eigenvalue weighted by atomic mass is 9.95. The minimum absolute atomic E-state index is 0.0457. The van der Waals surface area contributed by atoms with Crippen LogP contribution in [0.1, 0.15) is 35.4 Å². The third-order valence-electron chi connectivity index (χ3n) is 7.70. The van der Waals surface area contributed by atoms with Crippen molar-refractivity contribution in [3.05, 3.63) is 41.5 Å². The number of Topliss-reactive ketones (excluding diaryl/α,β-unsaturated/α-hetero) is 1. The third kappa shape index (κ3) is 6.08. The maximum atomic E-state index is 12.9. The maximum absolute atomic E-state index is 12.9. The number of phenols is 2. The lowest BCUT2D eigenvalue weighted by Gasteiger charge is -2.42. The van der Waals surface area contributed by atoms with E-state index >= 15 is 0 Å². The number of aliphatic hydroxyl groups excluding tert-OH is 6. The number of hydrogen-bond donors (Lipinski definition) is 8. The van der Waals surface area contributed by atoms with Crippen molar-refractivity contribution in [3.8, 4) is 28.7 Å². The summed E-state index contributed by atoms with van der Waals surface area (Å²) in [5.74, 6) is -0.999. The highest BCUT2D eigenvalue weighted by atomic mass is 16.7. The molecule has 2 aromatic rings. The quantitative estimate of drug-likeness (QED) is 0.185. The van der Waals surface area contributed by atoms with Gasteiger partial charge in [-0.25, -0.2) is 0 Å². The van der Waals surface area contributed by atoms with Crippen LogP contribution in [0.2, 0.25) is 0 Å². The van der Waals surface area contributed by atoms with Crippen LogP contribution in [0.5, 0.6) is 28.7 Å². The predicted molar refractivity (Wildman–Crippen MR) is 141 cm³/mol. The van der Waals surface area contributed by atoms with E-state index in [9.17, 15) is 45.6 Å². The van der Waals surface area contributed by atoms with Crippen LogP contribution < -0.4 is 14.2 Å². The van der Waals surface area contributed by atoms with Crippen molar-refractivity contribution in [2.45, 2.75) is 80.9 Å². The second-order valence-electron chi connectivity index (χ2n) is 10.6. The van der Waals surface area contributed by atoms with Crippen molar-refractivity contribution in [1.82, 2.24) is 0 Å². The minimum atomic E-state index is -1.77. The average molecular weight is 611 g/mol. The first kappa shape index (κ1) is 31.2. The van der Waals surface area contributed by atoms with Crippen molar-refractivity contribution in [2.24, 2.45) is 0 Å². The number of carbonyl (C=O) groups excluding carboxylic acids is 1. The predicted octanol–water partition coefficient (Wildman–Crippen LogP) is -1.16. The fraction of sp³-hybridized carbons (Fsp3) is 0.536. The molecule has 15 nitrogen and oxygen atoms in total. The molecular weight excluding hydrogens is 576 g/mol. The summed E-state index contributed by atoms with van der Waals surface area (Å²) in [6.07, 6.45) is -15.9. The molecule has 8 N–H and O–H groups in total. The molecule has 0 bridgehead atoms. The molecule has 15 heteroatoms. The Balaban J connectivity index is 1.30. The molecule has 11 atom stereocenters. The van der Waals surface area contributed by atoms with Crippen LogP contribution in [0.25, 0.3) is 0 Å². The van der Waals surface area contributed by atoms with Gasteiger partial charge in [0.15, 0.2) is 23.6 Å². The SMILES string of the molecule is COc1ccc([C@@H]2CC(=O)c3c(O)cc(OC4OC(COC5OC(C)C(O)[C@H](O)C5O)C(O)[C@H](O)C4O)cc3O2)cc1O. The van der Waals surface area contributed by atoms with Gasteiger partial charge in [0.05, 0.1) is 26.2 Å². The number of benzene rings is 2. The van der Waals surface area contributed by atoms with Crippen molar-refractivity contribution >= 4 is 5.78 Å². The zero-order chi connectivity index (χ0) is 31.2. The molecule has 2 aromatic carbocycles. The van der Waals surface area contributed by atoms with Gasteiger partial charge in [-0.15, -0.1) is 0 Å². The third-order valence-corrected chi connectivity index (χ3v) is 7.70. The van der Waals surface area contributed by atoms with Crippen molar-refractivity contribution < 1.29 is 74.1 Å². The lowest BCUT2D eigenvalue weighted by Crippen LogP contribution is -2.61. The van der Waals surface area contributed by atoms with E-state index in [0.717, 1.165) is 6.07 Å². The maximum Gasteiger partial charge on any atom is 0.229 e. The van der Waals surface area contributed by atoms with E-state index in [1.54, 1.807) is 6.07 Å². The molecule has 3 aliphatic heterocycles. The van der Waals surface area contributed by atoms with Gasteiger partial charge in [0.25, 0.3) is 0 Å². The highest BCUT2D eigenvalue weighted by Gasteiger charge is 2.47. The molecule has 2 fully saturated rings. The van der Waals surface area contributed by atoms with E-state index in [2.05, 4.69) is 0 Å². The summed E-state index contributed by atoms with van der Waals surface area (Å²) >= 11 is 0. The average Bonchev–Trinajstić information content (AvgIpc) is 2.97. The normalized spacial score (nSPS) is 36.0. The second-order valence-corrected chi connectivity index (χ2v) is 10.6. The van der Waals surface area contributed by atoms with Crippen molar-refractivity contribution in [3.63, 3.8) is 0 Å². The number of aromatic hydroxyl groups is 2. The largest absolute Gasteiger partial charge is 0.507 e. The van der Waals surface area contributed by atoms with Gasteiger partial charge in [0.2, 0.25) is 6.29 Å². The van der Waals surface area contributed by atoms with E-state index in [0.29, 0.717) is 5.56 Å². The zero-order valence-electron chi connectivity index (χ0n) is 23.1. The standard InChI is InChI=1S/C28H34O15/c1-10-21(32)23(34)25(36)27(40-10)39-9-19-22(33)24(35)26(37)28(43-19)41-12-6-14(30)20-15(31)8-17(42-18(20)7-12)11-3-4-16(38-2)13(29)5-11/h3-7,10,17,19,21-30,32-37H,8-9H2,1-2H3/t10?,17-,19?,21?,22?,23-,24-,25?,26?,27?,28?/m0/s1. The summed E-state index contributed by atoms with van der Waals surface area (Å²) in [7, 11) is 1.39. The number of ether oxygens (including phenoxy) is 6. The summed E-state index contributed by atoms with van der Waals surface area (Å²) in [6.45, 7) is 0.964. The van der Waals surface area contributed by atoms with Crippen molar-refractivity contribution in [2.75, 3.05) is 13.7 Å². The molecule has 236 valence electrons. The first-order chi connectivity index (χ1) is 20.4. The van der Waals surface area contributed by atoms with Gasteiger partial charge < -0.3 is 69.3 Å². The van der Waals surface area contributed by atoms with E-state index < -0.39 is 85.7 Å². The Morgan fingerprint density at radius 2 is 1.53 bits per heavy atom. The van der Waals surface area contributed by atoms with Crippen LogP contribution in [-0.2, 0) is 14.2 Å². The first-order valence-electron chi connectivity index (χ1n) is 13.5. The number of carbonyl (C=O) groups is 1. The highest BCUT2D eigenvalue weighted by Crippen LogP contribution is 2.43. The summed E-state index contributed by atoms with van der Waals surface area (Å²) in [5, 5.41) is 82.2. The van der Waals surface area contributed by atoms with Crippen LogP contribution in [0.4, 0.5) is 0 Å². The highest BCUT2D eigenvalue weighted by molar-refractivity contribution is 6.02. The Kier molecular flexibility index (Phi) is 8.99. The molecule has 2 saturated heterocycles. The Labute approximate surface area is 245 Å². The zero-order valence-corrected chi connectivity index (χ0v) is 23.1. The van der Waals surface area contributed by atoms with Crippen LogP contribution in [0.15, 0.2) is 30.3 Å². The molecule has 0 amide bonds. The second kappa shape index (κ2) is 12.4. The van der Waals surface area contributed by atoms with Gasteiger partial charge in [-0.2, -0.15) is 0 Å². The van der Waals surface area contributed by atoms with Gasteiger partial charge in [0, 0.05) is 12.1 Å². The van der Waals surface area contributed by atoms with Crippen LogP contribution in [0.3, 0.4) is 0 Å². The van der Waals surface area contributed by atoms with Crippen LogP contribution >= 0.6 is 0 Å². The Bertz CT molecular complexity index is 1320. The van der Waals surface area contributed by atoms with Gasteiger partial charge in [0.1, 0.15) is 71.6 Å². The van der Waals surface area contributed by atoms with E-state index in [-0.39, 0.29) is 35.0 Å². The van der Waals surface area contributed by atoms with E-state index in [1.165, 1.54) is 32.2 Å². The van der Waals surface area contributed by atoms with Crippen LogP contribution in [0, 0.1) is 0 Å². The van der Waals surface area contributed by atoms with Gasteiger partial charge in [-0.1, -0.05) is 6.07 Å². The molecule has 0 spiro atoms. The van der Waals surface area contributed by atoms with Gasteiger partial charge >= 0.3 is 0 Å². The number of phenolic OH excluding ortho intramolecular Hbond substituents is 2. The molecule has 0 radical (unpaired) electrons. The molecule has 0 aliphatic carbocycles. The Hall–Kier alpha value is -3.25. The monoisotopic (exact) mass is 610 g/mol. The molecule has 43 heavy (non-hydrogen) atoms. The molecule has 3 heterocycles. The Morgan fingerprint density at radius 3 is 2.23 bits per heavy atom. The van der Waals surface area contributed by atoms with Crippen molar-refractivity contribution in [1.29, 1.82) is 0 Å². The summed E-state index contributed by atoms with van der Waals surface area (Å²) in [4.78, 5) is 12.9. The number of methoxy groups -OCH3 is 1. The molecule has 3 aliphatic rings. The van der Waals surface area contributed by atoms with E-state index in [4.69, 9.17) is 28.4 Å². The van der Waals surface area contributed by atoms with Crippen LogP contribution in [-0.4, -0.2) is 122 Å². The number of aliphatic hydroxyl groups is 6. The fourth-order valence-electron chi connectivity index (χ4n) is 5.20. The summed E-state index contributed by atoms with van der Waals surface area (Å²) < 4.78 is 33.1. The fourth-order valence-corrected chi connectivity index (χ4v) is 5.20. The van der Waals surface area contributed by atoms with Gasteiger partial charge in [-0.05, 0) is 24.6 Å². The minimum Gasteiger partial charge on any atom is -0.507 e.